The minimum atomic E-state index is -0.925. The average molecular weight is 484 g/mol. The molecule has 2 N–H and O–H groups in total. The summed E-state index contributed by atoms with van der Waals surface area (Å²) in [5.74, 6) is 0.380. The van der Waals surface area contributed by atoms with E-state index >= 15 is 0 Å². The Morgan fingerprint density at radius 3 is 2.31 bits per heavy atom. The lowest BCUT2D eigenvalue weighted by molar-refractivity contribution is -0.121. The molecule has 35 heavy (non-hydrogen) atoms. The van der Waals surface area contributed by atoms with Gasteiger partial charge in [0.25, 0.3) is 0 Å². The Kier molecular flexibility index (Phi) is 9.40. The summed E-state index contributed by atoms with van der Waals surface area (Å²) in [7, 11) is 0. The van der Waals surface area contributed by atoms with Crippen LogP contribution in [0.5, 0.6) is 0 Å². The second-order valence-electron chi connectivity index (χ2n) is 11.8. The third-order valence-corrected chi connectivity index (χ3v) is 7.33. The molecule has 3 atom stereocenters. The topological polar surface area (TPSA) is 72.9 Å². The van der Waals surface area contributed by atoms with Crippen LogP contribution in [-0.2, 0) is 11.3 Å². The van der Waals surface area contributed by atoms with E-state index in [0.717, 1.165) is 25.8 Å². The van der Waals surface area contributed by atoms with Gasteiger partial charge in [-0.3, -0.25) is 14.6 Å². The van der Waals surface area contributed by atoms with Crippen LogP contribution in [0, 0.1) is 5.92 Å². The van der Waals surface area contributed by atoms with Crippen molar-refractivity contribution in [3.63, 3.8) is 0 Å². The fourth-order valence-electron chi connectivity index (χ4n) is 5.95. The predicted octanol–water partition coefficient (Wildman–Crippen LogP) is 5.83. The predicted molar refractivity (Wildman–Crippen MR) is 141 cm³/mol. The summed E-state index contributed by atoms with van der Waals surface area (Å²) in [6, 6.07) is 11.7. The minimum absolute atomic E-state index is 0.0294. The number of piperidine rings is 2. The Labute approximate surface area is 211 Å². The summed E-state index contributed by atoms with van der Waals surface area (Å²) in [4.78, 5) is 28.9. The maximum absolute atomic E-state index is 12.8. The van der Waals surface area contributed by atoms with E-state index < -0.39 is 11.6 Å². The van der Waals surface area contributed by atoms with E-state index in [9.17, 15) is 14.7 Å². The maximum atomic E-state index is 12.8. The highest BCUT2D eigenvalue weighted by atomic mass is 16.4. The number of fused-ring (bicyclic) bond motifs is 2. The zero-order valence-corrected chi connectivity index (χ0v) is 22.2. The third-order valence-electron chi connectivity index (χ3n) is 7.33. The molecule has 2 unspecified atom stereocenters. The van der Waals surface area contributed by atoms with Gasteiger partial charge in [0, 0.05) is 36.6 Å². The molecule has 194 valence electrons. The molecular formula is C29H45N3O3. The lowest BCUT2D eigenvalue weighted by Crippen LogP contribution is -2.56. The van der Waals surface area contributed by atoms with Crippen LogP contribution in [0.3, 0.4) is 0 Å². The molecule has 1 aromatic rings. The molecule has 0 saturated carbocycles. The third kappa shape index (κ3) is 7.83. The molecule has 2 fully saturated rings. The SMILES string of the molecule is CC(C)C[C@@H](/C=C/CC(=O)NC1CC2CCCC(C1)N2Cc1ccccc1)N(C(=O)O)C(C)(C)C. The highest BCUT2D eigenvalue weighted by Crippen LogP contribution is 2.35. The van der Waals surface area contributed by atoms with Crippen LogP contribution in [0.4, 0.5) is 4.79 Å². The Morgan fingerprint density at radius 2 is 1.77 bits per heavy atom. The van der Waals surface area contributed by atoms with E-state index in [1.807, 2.05) is 32.9 Å². The van der Waals surface area contributed by atoms with Crippen molar-refractivity contribution < 1.29 is 14.7 Å². The summed E-state index contributed by atoms with van der Waals surface area (Å²) in [5.41, 5.74) is 0.849. The van der Waals surface area contributed by atoms with Gasteiger partial charge < -0.3 is 10.4 Å². The summed E-state index contributed by atoms with van der Waals surface area (Å²) >= 11 is 0. The van der Waals surface area contributed by atoms with E-state index in [2.05, 4.69) is 54.4 Å². The lowest BCUT2D eigenvalue weighted by atomic mass is 9.81. The zero-order chi connectivity index (χ0) is 25.6. The van der Waals surface area contributed by atoms with Gasteiger partial charge >= 0.3 is 6.09 Å². The number of carboxylic acid groups (broad SMARTS) is 1. The second kappa shape index (κ2) is 12.1. The van der Waals surface area contributed by atoms with E-state index in [1.165, 1.54) is 29.7 Å². The molecule has 0 aromatic heterocycles. The summed E-state index contributed by atoms with van der Waals surface area (Å²) in [5, 5.41) is 13.1. The maximum Gasteiger partial charge on any atom is 0.408 e. The Hall–Kier alpha value is -2.34. The quantitative estimate of drug-likeness (QED) is 0.434. The van der Waals surface area contributed by atoms with Gasteiger partial charge in [0.2, 0.25) is 5.91 Å². The highest BCUT2D eigenvalue weighted by Gasteiger charge is 2.38. The summed E-state index contributed by atoms with van der Waals surface area (Å²) in [6.07, 6.45) is 9.54. The molecule has 0 aliphatic carbocycles. The van der Waals surface area contributed by atoms with Gasteiger partial charge in [-0.2, -0.15) is 0 Å². The monoisotopic (exact) mass is 483 g/mol. The van der Waals surface area contributed by atoms with Crippen molar-refractivity contribution in [3.8, 4) is 0 Å². The summed E-state index contributed by atoms with van der Waals surface area (Å²) in [6.45, 7) is 10.9. The molecule has 0 spiro atoms. The van der Waals surface area contributed by atoms with Gasteiger partial charge in [-0.15, -0.1) is 0 Å². The number of carbonyl (C=O) groups is 2. The van der Waals surface area contributed by atoms with Gasteiger partial charge in [-0.25, -0.2) is 4.79 Å². The number of benzene rings is 1. The molecule has 1 aromatic carbocycles. The first-order valence-corrected chi connectivity index (χ1v) is 13.3. The molecule has 2 aliphatic heterocycles. The number of carbonyl (C=O) groups excluding carboxylic acids is 1. The number of nitrogens with zero attached hydrogens (tertiary/aromatic N) is 2. The first-order valence-electron chi connectivity index (χ1n) is 13.3. The normalized spacial score (nSPS) is 23.9. The standard InChI is InChI=1S/C29H45N3O3/c1-21(2)17-26(32(28(34)35)29(3,4)5)15-10-16-27(33)30-23-18-24-13-9-14-25(19-23)31(24)20-22-11-7-6-8-12-22/h6-8,10-12,15,21,23-26H,9,13-14,16-20H2,1-5H3,(H,30,33)(H,34,35)/b15-10+/t23?,24?,25?,26-/m1/s1. The van der Waals surface area contributed by atoms with Crippen molar-refractivity contribution in [2.75, 3.05) is 0 Å². The van der Waals surface area contributed by atoms with E-state index in [4.69, 9.17) is 0 Å². The number of hydrogen-bond donors (Lipinski definition) is 2. The fraction of sp³-hybridized carbons (Fsp3) is 0.655. The second-order valence-corrected chi connectivity index (χ2v) is 11.8. The van der Waals surface area contributed by atoms with E-state index in [0.29, 0.717) is 18.0 Å². The molecular weight excluding hydrogens is 438 g/mol. The molecule has 0 radical (unpaired) electrons. The fourth-order valence-corrected chi connectivity index (χ4v) is 5.95. The number of hydrogen-bond acceptors (Lipinski definition) is 3. The van der Waals surface area contributed by atoms with Crippen molar-refractivity contribution in [1.29, 1.82) is 0 Å². The molecule has 3 rings (SSSR count). The molecule has 2 saturated heterocycles. The Morgan fingerprint density at radius 1 is 1.14 bits per heavy atom. The van der Waals surface area contributed by atoms with Crippen LogP contribution in [-0.4, -0.2) is 56.6 Å². The average Bonchev–Trinajstić information content (AvgIpc) is 2.73. The molecule has 2 heterocycles. The van der Waals surface area contributed by atoms with Gasteiger partial charge in [-0.1, -0.05) is 62.8 Å². The van der Waals surface area contributed by atoms with Gasteiger partial charge in [0.15, 0.2) is 0 Å². The molecule has 2 aliphatic rings. The molecule has 6 heteroatoms. The van der Waals surface area contributed by atoms with E-state index in [1.54, 1.807) is 0 Å². The Balaban J connectivity index is 1.56. The minimum Gasteiger partial charge on any atom is -0.465 e. The van der Waals surface area contributed by atoms with Crippen molar-refractivity contribution >= 4 is 12.0 Å². The lowest BCUT2D eigenvalue weighted by Gasteiger charge is -2.49. The highest BCUT2D eigenvalue weighted by molar-refractivity contribution is 5.77. The number of rotatable bonds is 9. The zero-order valence-electron chi connectivity index (χ0n) is 22.2. The summed E-state index contributed by atoms with van der Waals surface area (Å²) < 4.78 is 0. The van der Waals surface area contributed by atoms with Crippen LogP contribution in [0.25, 0.3) is 0 Å². The smallest absolute Gasteiger partial charge is 0.408 e. The van der Waals surface area contributed by atoms with Crippen molar-refractivity contribution in [2.24, 2.45) is 5.92 Å². The Bertz CT molecular complexity index is 848. The van der Waals surface area contributed by atoms with Crippen LogP contribution < -0.4 is 5.32 Å². The van der Waals surface area contributed by atoms with Crippen molar-refractivity contribution in [2.45, 2.75) is 116 Å². The number of nitrogens with one attached hydrogen (secondary N) is 1. The van der Waals surface area contributed by atoms with Crippen LogP contribution in [0.2, 0.25) is 0 Å². The van der Waals surface area contributed by atoms with Crippen LogP contribution in [0.15, 0.2) is 42.5 Å². The largest absolute Gasteiger partial charge is 0.465 e. The molecule has 6 nitrogen and oxygen atoms in total. The van der Waals surface area contributed by atoms with Gasteiger partial charge in [0.05, 0.1) is 6.04 Å². The van der Waals surface area contributed by atoms with Crippen molar-refractivity contribution in [3.05, 3.63) is 48.0 Å². The van der Waals surface area contributed by atoms with Crippen LogP contribution >= 0.6 is 0 Å². The van der Waals surface area contributed by atoms with Crippen LogP contribution in [0.1, 0.15) is 85.1 Å². The van der Waals surface area contributed by atoms with Gasteiger partial charge in [-0.05, 0) is 64.4 Å². The van der Waals surface area contributed by atoms with Gasteiger partial charge in [0.1, 0.15) is 0 Å². The van der Waals surface area contributed by atoms with Crippen molar-refractivity contribution in [1.82, 2.24) is 15.1 Å². The first kappa shape index (κ1) is 27.3. The molecule has 2 amide bonds. The first-order chi connectivity index (χ1) is 16.5. The molecule has 2 bridgehead atoms. The number of amides is 2. The van der Waals surface area contributed by atoms with E-state index in [-0.39, 0.29) is 24.4 Å².